The molecule has 23 heavy (non-hydrogen) atoms. The average Bonchev–Trinajstić information content (AvgIpc) is 3.26. The van der Waals surface area contributed by atoms with E-state index in [-0.39, 0.29) is 35.9 Å². The van der Waals surface area contributed by atoms with Gasteiger partial charge in [0.15, 0.2) is 0 Å². The predicted molar refractivity (Wildman–Crippen MR) is 78.0 cm³/mol. The second-order valence-electron chi connectivity index (χ2n) is 6.03. The number of rotatable bonds is 4. The third-order valence-electron chi connectivity index (χ3n) is 4.23. The summed E-state index contributed by atoms with van der Waals surface area (Å²) in [4.78, 5) is 12.0. The summed E-state index contributed by atoms with van der Waals surface area (Å²) in [6.07, 6.45) is -3.53. The first-order valence-corrected chi connectivity index (χ1v) is 7.72. The van der Waals surface area contributed by atoms with Crippen LogP contribution in [-0.4, -0.2) is 37.7 Å². The molecule has 1 saturated carbocycles. The zero-order chi connectivity index (χ0) is 16.4. The monoisotopic (exact) mass is 328 g/mol. The van der Waals surface area contributed by atoms with E-state index in [0.29, 0.717) is 26.2 Å². The third-order valence-corrected chi connectivity index (χ3v) is 4.23. The van der Waals surface area contributed by atoms with Crippen LogP contribution in [0.25, 0.3) is 0 Å². The van der Waals surface area contributed by atoms with Gasteiger partial charge >= 0.3 is 6.18 Å². The van der Waals surface area contributed by atoms with Crippen LogP contribution in [0.4, 0.5) is 13.2 Å². The fourth-order valence-electron chi connectivity index (χ4n) is 3.02. The number of morpholine rings is 1. The molecule has 1 heterocycles. The summed E-state index contributed by atoms with van der Waals surface area (Å²) in [7, 11) is 0. The van der Waals surface area contributed by atoms with Gasteiger partial charge < -0.3 is 15.4 Å². The Balaban J connectivity index is 1.56. The van der Waals surface area contributed by atoms with Gasteiger partial charge in [-0.05, 0) is 18.1 Å². The molecule has 2 N–H and O–H groups in total. The number of alkyl halides is 3. The normalized spacial score (nSPS) is 27.5. The molecule has 2 fully saturated rings. The lowest BCUT2D eigenvalue weighted by molar-refractivity contribution is -0.138. The first-order valence-electron chi connectivity index (χ1n) is 7.72. The van der Waals surface area contributed by atoms with Gasteiger partial charge in [0.25, 0.3) is 0 Å². The number of carbonyl (C=O) groups is 1. The maximum Gasteiger partial charge on any atom is 0.416 e. The predicted octanol–water partition coefficient (Wildman–Crippen LogP) is 2.06. The van der Waals surface area contributed by atoms with Gasteiger partial charge in [-0.1, -0.05) is 18.2 Å². The lowest BCUT2D eigenvalue weighted by Gasteiger charge is -2.23. The van der Waals surface area contributed by atoms with Gasteiger partial charge in [0.2, 0.25) is 5.91 Å². The van der Waals surface area contributed by atoms with Crippen molar-refractivity contribution < 1.29 is 22.7 Å². The Labute approximate surface area is 132 Å². The van der Waals surface area contributed by atoms with Gasteiger partial charge in [-0.2, -0.15) is 13.2 Å². The molecule has 0 radical (unpaired) electrons. The number of hydrogen-bond donors (Lipinski definition) is 2. The van der Waals surface area contributed by atoms with Crippen LogP contribution in [0.5, 0.6) is 0 Å². The van der Waals surface area contributed by atoms with Crippen molar-refractivity contribution in [1.82, 2.24) is 10.6 Å². The number of benzene rings is 1. The molecule has 1 saturated heterocycles. The van der Waals surface area contributed by atoms with E-state index in [1.807, 2.05) is 0 Å². The van der Waals surface area contributed by atoms with E-state index in [1.54, 1.807) is 6.07 Å². The minimum Gasteiger partial charge on any atom is -0.378 e. The number of carbonyl (C=O) groups excluding carboxylic acids is 1. The van der Waals surface area contributed by atoms with E-state index < -0.39 is 11.7 Å². The molecule has 2 aliphatic rings. The molecule has 3 rings (SSSR count). The Morgan fingerprint density at radius 3 is 2.83 bits per heavy atom. The van der Waals surface area contributed by atoms with Crippen molar-refractivity contribution in [3.8, 4) is 0 Å². The van der Waals surface area contributed by atoms with Crippen LogP contribution in [0.15, 0.2) is 24.3 Å². The highest BCUT2D eigenvalue weighted by Gasteiger charge is 2.44. The maximum absolute atomic E-state index is 13.0. The van der Waals surface area contributed by atoms with E-state index in [1.165, 1.54) is 12.1 Å². The molecule has 1 amide bonds. The van der Waals surface area contributed by atoms with E-state index in [4.69, 9.17) is 4.74 Å². The second kappa shape index (κ2) is 6.49. The molecule has 1 aliphatic carbocycles. The first kappa shape index (κ1) is 16.3. The van der Waals surface area contributed by atoms with Crippen LogP contribution in [0.2, 0.25) is 0 Å². The van der Waals surface area contributed by atoms with Crippen LogP contribution in [0.1, 0.15) is 29.9 Å². The first-order chi connectivity index (χ1) is 10.9. The van der Waals surface area contributed by atoms with E-state index >= 15 is 0 Å². The van der Waals surface area contributed by atoms with Crippen molar-refractivity contribution >= 4 is 5.91 Å². The fraction of sp³-hybridized carbons (Fsp3) is 0.562. The Morgan fingerprint density at radius 1 is 1.35 bits per heavy atom. The van der Waals surface area contributed by atoms with Crippen molar-refractivity contribution in [2.45, 2.75) is 37.0 Å². The fourth-order valence-corrected chi connectivity index (χ4v) is 3.02. The van der Waals surface area contributed by atoms with E-state index in [0.717, 1.165) is 6.07 Å². The number of amides is 1. The summed E-state index contributed by atoms with van der Waals surface area (Å²) in [6, 6.07) is 5.34. The Bertz CT molecular complexity index is 571. The Morgan fingerprint density at radius 2 is 2.13 bits per heavy atom. The molecular formula is C16H19F3N2O2. The largest absolute Gasteiger partial charge is 0.416 e. The standard InChI is InChI=1S/C16H19F3N2O2/c17-16(18,19)13-4-2-1-3-11(13)12-8-14(12)21-15(22)7-10-9-23-6-5-20-10/h1-4,10,12,14,20H,5-9H2,(H,21,22). The molecule has 1 aromatic rings. The minimum absolute atomic E-state index is 0.0246. The Kier molecular flexibility index (Phi) is 4.59. The topological polar surface area (TPSA) is 50.4 Å². The quantitative estimate of drug-likeness (QED) is 0.889. The van der Waals surface area contributed by atoms with Crippen molar-refractivity contribution in [2.75, 3.05) is 19.8 Å². The molecule has 3 unspecified atom stereocenters. The maximum atomic E-state index is 13.0. The van der Waals surface area contributed by atoms with E-state index in [2.05, 4.69) is 10.6 Å². The Hall–Kier alpha value is -1.60. The molecule has 0 spiro atoms. The van der Waals surface area contributed by atoms with Gasteiger partial charge in [0.05, 0.1) is 18.8 Å². The molecule has 3 atom stereocenters. The molecule has 0 aromatic heterocycles. The van der Waals surface area contributed by atoms with Crippen LogP contribution in [-0.2, 0) is 15.7 Å². The zero-order valence-electron chi connectivity index (χ0n) is 12.5. The zero-order valence-corrected chi connectivity index (χ0v) is 12.5. The minimum atomic E-state index is -4.36. The SMILES string of the molecule is O=C(CC1COCCN1)NC1CC1c1ccccc1C(F)(F)F. The van der Waals surface area contributed by atoms with E-state index in [9.17, 15) is 18.0 Å². The molecule has 4 nitrogen and oxygen atoms in total. The summed E-state index contributed by atoms with van der Waals surface area (Å²) < 4.78 is 44.4. The van der Waals surface area contributed by atoms with Crippen molar-refractivity contribution in [2.24, 2.45) is 0 Å². The summed E-state index contributed by atoms with van der Waals surface area (Å²) in [5.74, 6) is -0.405. The highest BCUT2D eigenvalue weighted by molar-refractivity contribution is 5.77. The summed E-state index contributed by atoms with van der Waals surface area (Å²) in [6.45, 7) is 1.83. The van der Waals surface area contributed by atoms with Gasteiger partial charge in [0.1, 0.15) is 0 Å². The van der Waals surface area contributed by atoms with Gasteiger partial charge in [-0.15, -0.1) is 0 Å². The number of halogens is 3. The second-order valence-corrected chi connectivity index (χ2v) is 6.03. The summed E-state index contributed by atoms with van der Waals surface area (Å²) in [5, 5.41) is 6.01. The molecule has 7 heteroatoms. The van der Waals surface area contributed by atoms with Gasteiger partial charge in [-0.25, -0.2) is 0 Å². The molecule has 0 bridgehead atoms. The van der Waals surface area contributed by atoms with Crippen LogP contribution in [0, 0.1) is 0 Å². The van der Waals surface area contributed by atoms with Gasteiger partial charge in [0, 0.05) is 31.0 Å². The van der Waals surface area contributed by atoms with Gasteiger partial charge in [-0.3, -0.25) is 4.79 Å². The van der Waals surface area contributed by atoms with Crippen molar-refractivity contribution in [3.63, 3.8) is 0 Å². The number of hydrogen-bond acceptors (Lipinski definition) is 3. The molecule has 1 aromatic carbocycles. The third kappa shape index (κ3) is 4.03. The highest BCUT2D eigenvalue weighted by atomic mass is 19.4. The molecular weight excluding hydrogens is 309 g/mol. The lowest BCUT2D eigenvalue weighted by atomic mass is 10.0. The van der Waals surface area contributed by atoms with Crippen LogP contribution >= 0.6 is 0 Å². The molecule has 1 aliphatic heterocycles. The number of nitrogens with one attached hydrogen (secondary N) is 2. The van der Waals surface area contributed by atoms with Crippen molar-refractivity contribution in [3.05, 3.63) is 35.4 Å². The average molecular weight is 328 g/mol. The highest BCUT2D eigenvalue weighted by Crippen LogP contribution is 2.46. The van der Waals surface area contributed by atoms with Crippen LogP contribution in [0.3, 0.4) is 0 Å². The smallest absolute Gasteiger partial charge is 0.378 e. The molecule has 126 valence electrons. The summed E-state index contributed by atoms with van der Waals surface area (Å²) in [5.41, 5.74) is -0.339. The number of ether oxygens (including phenoxy) is 1. The lowest BCUT2D eigenvalue weighted by Crippen LogP contribution is -2.44. The summed E-state index contributed by atoms with van der Waals surface area (Å²) >= 11 is 0. The van der Waals surface area contributed by atoms with Crippen molar-refractivity contribution in [1.29, 1.82) is 0 Å². The van der Waals surface area contributed by atoms with Crippen LogP contribution < -0.4 is 10.6 Å².